The lowest BCUT2D eigenvalue weighted by molar-refractivity contribution is 0.0925. The summed E-state index contributed by atoms with van der Waals surface area (Å²) in [6.45, 7) is 6.66. The molecule has 0 aliphatic carbocycles. The molecule has 0 unspecified atom stereocenters. The number of carbonyl (C=O) groups is 1. The summed E-state index contributed by atoms with van der Waals surface area (Å²) in [6.07, 6.45) is 0.892. The number of nitrogens with one attached hydrogen (secondary N) is 1. The monoisotopic (exact) mass is 273 g/mol. The van der Waals surface area contributed by atoms with Gasteiger partial charge in [0.2, 0.25) is 0 Å². The summed E-state index contributed by atoms with van der Waals surface area (Å²) in [5.41, 5.74) is 1.24. The predicted octanol–water partition coefficient (Wildman–Crippen LogP) is 2.88. The second-order valence-corrected chi connectivity index (χ2v) is 5.41. The van der Waals surface area contributed by atoms with Crippen molar-refractivity contribution in [3.8, 4) is 0 Å². The molecular weight excluding hydrogens is 254 g/mol. The third-order valence-electron chi connectivity index (χ3n) is 3.11. The minimum Gasteiger partial charge on any atom is -0.451 e. The van der Waals surface area contributed by atoms with E-state index in [1.54, 1.807) is 12.1 Å². The minimum absolute atomic E-state index is 0.0649. The van der Waals surface area contributed by atoms with E-state index >= 15 is 0 Å². The van der Waals surface area contributed by atoms with Crippen LogP contribution in [0.3, 0.4) is 0 Å². The molecule has 0 bridgehead atoms. The number of hydrogen-bond acceptors (Lipinski definition) is 3. The van der Waals surface area contributed by atoms with Gasteiger partial charge in [0.1, 0.15) is 5.58 Å². The maximum atomic E-state index is 12.0. The summed E-state index contributed by atoms with van der Waals surface area (Å²) in [4.78, 5) is 23.9. The number of rotatable bonds is 4. The van der Waals surface area contributed by atoms with Gasteiger partial charge in [0.15, 0.2) is 11.2 Å². The lowest BCUT2D eigenvalue weighted by atomic mass is 10.1. The zero-order chi connectivity index (χ0) is 14.7. The highest BCUT2D eigenvalue weighted by molar-refractivity contribution is 5.93. The molecule has 1 N–H and O–H groups in total. The number of amides is 1. The van der Waals surface area contributed by atoms with Crippen molar-refractivity contribution in [2.75, 3.05) is 6.54 Å². The minimum atomic E-state index is -0.342. The van der Waals surface area contributed by atoms with Gasteiger partial charge in [-0.15, -0.1) is 0 Å². The Hall–Kier alpha value is -2.10. The Kier molecular flexibility index (Phi) is 4.23. The van der Waals surface area contributed by atoms with E-state index in [1.807, 2.05) is 13.0 Å². The van der Waals surface area contributed by atoms with Gasteiger partial charge in [0, 0.05) is 12.6 Å². The maximum absolute atomic E-state index is 12.0. The Balaban J connectivity index is 2.25. The van der Waals surface area contributed by atoms with E-state index in [1.165, 1.54) is 6.07 Å². The molecular formula is C16H19NO3. The van der Waals surface area contributed by atoms with Crippen LogP contribution in [0.1, 0.15) is 36.4 Å². The molecule has 1 aromatic heterocycles. The Morgan fingerprint density at radius 2 is 2.05 bits per heavy atom. The van der Waals surface area contributed by atoms with E-state index in [-0.39, 0.29) is 17.1 Å². The summed E-state index contributed by atoms with van der Waals surface area (Å²) in [5.74, 6) is 0.238. The van der Waals surface area contributed by atoms with Crippen LogP contribution in [0.2, 0.25) is 0 Å². The van der Waals surface area contributed by atoms with Gasteiger partial charge in [0.25, 0.3) is 5.91 Å². The van der Waals surface area contributed by atoms with Crippen molar-refractivity contribution in [2.45, 2.75) is 27.2 Å². The van der Waals surface area contributed by atoms with E-state index in [0.29, 0.717) is 23.4 Å². The highest BCUT2D eigenvalue weighted by atomic mass is 16.3. The highest BCUT2D eigenvalue weighted by Crippen LogP contribution is 2.14. The molecule has 0 aliphatic rings. The van der Waals surface area contributed by atoms with Crippen molar-refractivity contribution >= 4 is 16.9 Å². The normalized spacial score (nSPS) is 11.0. The Bertz CT molecular complexity index is 686. The quantitative estimate of drug-likeness (QED) is 0.931. The maximum Gasteiger partial charge on any atom is 0.287 e. The molecule has 2 rings (SSSR count). The molecule has 0 fully saturated rings. The van der Waals surface area contributed by atoms with Crippen molar-refractivity contribution in [2.24, 2.45) is 5.92 Å². The average Bonchev–Trinajstić information content (AvgIpc) is 2.38. The molecule has 4 nitrogen and oxygen atoms in total. The SMILES string of the molecule is Cc1ccc2oc(C(=O)NCCC(C)C)cc(=O)c2c1. The first-order valence-electron chi connectivity index (χ1n) is 6.80. The third-order valence-corrected chi connectivity index (χ3v) is 3.11. The van der Waals surface area contributed by atoms with Crippen LogP contribution in [0.4, 0.5) is 0 Å². The molecule has 0 spiro atoms. The van der Waals surface area contributed by atoms with Crippen LogP contribution in [0, 0.1) is 12.8 Å². The highest BCUT2D eigenvalue weighted by Gasteiger charge is 2.12. The van der Waals surface area contributed by atoms with Gasteiger partial charge >= 0.3 is 0 Å². The van der Waals surface area contributed by atoms with E-state index in [2.05, 4.69) is 19.2 Å². The second kappa shape index (κ2) is 5.90. The number of benzene rings is 1. The van der Waals surface area contributed by atoms with Crippen LogP contribution in [0.15, 0.2) is 33.5 Å². The fourth-order valence-electron chi connectivity index (χ4n) is 1.94. The average molecular weight is 273 g/mol. The lowest BCUT2D eigenvalue weighted by Crippen LogP contribution is -2.26. The molecule has 0 atom stereocenters. The van der Waals surface area contributed by atoms with E-state index in [0.717, 1.165) is 12.0 Å². The van der Waals surface area contributed by atoms with Gasteiger partial charge < -0.3 is 9.73 Å². The molecule has 106 valence electrons. The van der Waals surface area contributed by atoms with Gasteiger partial charge in [-0.1, -0.05) is 25.5 Å². The standard InChI is InChI=1S/C16H19NO3/c1-10(2)6-7-17-16(19)15-9-13(18)12-8-11(3)4-5-14(12)20-15/h4-5,8-10H,6-7H2,1-3H3,(H,17,19). The van der Waals surface area contributed by atoms with Crippen molar-refractivity contribution in [3.05, 3.63) is 45.8 Å². The zero-order valence-corrected chi connectivity index (χ0v) is 12.0. The largest absolute Gasteiger partial charge is 0.451 e. The fraction of sp³-hybridized carbons (Fsp3) is 0.375. The molecule has 20 heavy (non-hydrogen) atoms. The molecule has 1 heterocycles. The van der Waals surface area contributed by atoms with Gasteiger partial charge in [-0.25, -0.2) is 0 Å². The summed E-state index contributed by atoms with van der Waals surface area (Å²) in [6, 6.07) is 6.59. The van der Waals surface area contributed by atoms with Crippen LogP contribution in [0.5, 0.6) is 0 Å². The molecule has 0 aliphatic heterocycles. The van der Waals surface area contributed by atoms with Crippen LogP contribution >= 0.6 is 0 Å². The van der Waals surface area contributed by atoms with E-state index in [4.69, 9.17) is 4.42 Å². The molecule has 0 saturated heterocycles. The predicted molar refractivity (Wildman–Crippen MR) is 79.0 cm³/mol. The summed E-state index contributed by atoms with van der Waals surface area (Å²) >= 11 is 0. The number of fused-ring (bicyclic) bond motifs is 1. The molecule has 0 radical (unpaired) electrons. The van der Waals surface area contributed by atoms with Crippen LogP contribution in [-0.2, 0) is 0 Å². The second-order valence-electron chi connectivity index (χ2n) is 5.41. The summed E-state index contributed by atoms with van der Waals surface area (Å²) < 4.78 is 5.50. The topological polar surface area (TPSA) is 59.3 Å². The smallest absolute Gasteiger partial charge is 0.287 e. The van der Waals surface area contributed by atoms with E-state index < -0.39 is 0 Å². The Morgan fingerprint density at radius 1 is 1.30 bits per heavy atom. The van der Waals surface area contributed by atoms with Gasteiger partial charge in [-0.2, -0.15) is 0 Å². The summed E-state index contributed by atoms with van der Waals surface area (Å²) in [5, 5.41) is 3.27. The molecule has 1 aromatic carbocycles. The molecule has 4 heteroatoms. The molecule has 1 amide bonds. The van der Waals surface area contributed by atoms with Crippen LogP contribution in [-0.4, -0.2) is 12.5 Å². The Labute approximate surface area is 117 Å². The number of hydrogen-bond donors (Lipinski definition) is 1. The van der Waals surface area contributed by atoms with E-state index in [9.17, 15) is 9.59 Å². The van der Waals surface area contributed by atoms with Gasteiger partial charge in [0.05, 0.1) is 5.39 Å². The van der Waals surface area contributed by atoms with Crippen molar-refractivity contribution in [1.29, 1.82) is 0 Å². The summed E-state index contributed by atoms with van der Waals surface area (Å²) in [7, 11) is 0. The fourth-order valence-corrected chi connectivity index (χ4v) is 1.94. The van der Waals surface area contributed by atoms with Crippen molar-refractivity contribution in [3.63, 3.8) is 0 Å². The molecule has 2 aromatic rings. The van der Waals surface area contributed by atoms with Gasteiger partial charge in [-0.05, 0) is 31.4 Å². The first-order chi connectivity index (χ1) is 9.47. The van der Waals surface area contributed by atoms with Crippen molar-refractivity contribution < 1.29 is 9.21 Å². The number of aryl methyl sites for hydroxylation is 1. The van der Waals surface area contributed by atoms with Gasteiger partial charge in [-0.3, -0.25) is 9.59 Å². The van der Waals surface area contributed by atoms with Crippen LogP contribution in [0.25, 0.3) is 11.0 Å². The zero-order valence-electron chi connectivity index (χ0n) is 12.0. The first kappa shape index (κ1) is 14.3. The molecule has 0 saturated carbocycles. The lowest BCUT2D eigenvalue weighted by Gasteiger charge is -2.07. The number of carbonyl (C=O) groups excluding carboxylic acids is 1. The Morgan fingerprint density at radius 3 is 2.75 bits per heavy atom. The first-order valence-corrected chi connectivity index (χ1v) is 6.80. The van der Waals surface area contributed by atoms with Crippen molar-refractivity contribution in [1.82, 2.24) is 5.32 Å². The third kappa shape index (κ3) is 3.26. The van der Waals surface area contributed by atoms with Crippen LogP contribution < -0.4 is 10.7 Å².